The Bertz CT molecular complexity index is 729. The first-order valence-electron chi connectivity index (χ1n) is 11.1. The summed E-state index contributed by atoms with van der Waals surface area (Å²) in [6.07, 6.45) is 6.33. The maximum absolute atomic E-state index is 11.9. The summed E-state index contributed by atoms with van der Waals surface area (Å²) in [6.45, 7) is 4.50. The second kappa shape index (κ2) is 12.4. The maximum atomic E-state index is 11.9. The molecule has 0 spiro atoms. The number of halogens is 1. The molecular weight excluding hydrogens is 507 g/mol. The van der Waals surface area contributed by atoms with Crippen LogP contribution in [-0.2, 0) is 10.2 Å². The number of nitrogens with zero attached hydrogens (tertiary/aromatic N) is 2. The fourth-order valence-corrected chi connectivity index (χ4v) is 4.74. The molecule has 1 amide bonds. The Labute approximate surface area is 203 Å². The molecule has 7 nitrogen and oxygen atoms in total. The van der Waals surface area contributed by atoms with Gasteiger partial charge >= 0.3 is 6.09 Å². The van der Waals surface area contributed by atoms with E-state index in [-0.39, 0.29) is 35.5 Å². The second-order valence-corrected chi connectivity index (χ2v) is 8.22. The highest BCUT2D eigenvalue weighted by Gasteiger charge is 2.38. The lowest BCUT2D eigenvalue weighted by molar-refractivity contribution is 0.0963. The predicted octanol–water partition coefficient (Wildman–Crippen LogP) is 3.91. The summed E-state index contributed by atoms with van der Waals surface area (Å²) in [6, 6.07) is 8.68. The van der Waals surface area contributed by atoms with Gasteiger partial charge < -0.3 is 25.0 Å². The SMILES string of the molecule is CCOC(=O)N1CCC(NC(=NC)NCC2(c3ccccc3OC)CCCC2)CC1.I. The molecule has 0 unspecified atom stereocenters. The third kappa shape index (κ3) is 6.40. The van der Waals surface area contributed by atoms with Gasteiger partial charge in [-0.15, -0.1) is 24.0 Å². The molecule has 8 heteroatoms. The minimum absolute atomic E-state index is 0. The molecule has 0 aromatic heterocycles. The van der Waals surface area contributed by atoms with Crippen molar-refractivity contribution in [2.75, 3.05) is 40.4 Å². The fraction of sp³-hybridized carbons (Fsp3) is 0.652. The molecule has 1 heterocycles. The van der Waals surface area contributed by atoms with Gasteiger partial charge in [-0.2, -0.15) is 0 Å². The van der Waals surface area contributed by atoms with Crippen molar-refractivity contribution in [3.05, 3.63) is 29.8 Å². The van der Waals surface area contributed by atoms with Crippen molar-refractivity contribution in [3.8, 4) is 5.75 Å². The Morgan fingerprint density at radius 1 is 1.23 bits per heavy atom. The van der Waals surface area contributed by atoms with Crippen molar-refractivity contribution in [1.82, 2.24) is 15.5 Å². The lowest BCUT2D eigenvalue weighted by Crippen LogP contribution is -2.51. The number of hydrogen-bond acceptors (Lipinski definition) is 4. The van der Waals surface area contributed by atoms with Crippen LogP contribution >= 0.6 is 24.0 Å². The molecule has 174 valence electrons. The summed E-state index contributed by atoms with van der Waals surface area (Å²) >= 11 is 0. The minimum Gasteiger partial charge on any atom is -0.496 e. The summed E-state index contributed by atoms with van der Waals surface area (Å²) < 4.78 is 10.8. The topological polar surface area (TPSA) is 75.2 Å². The standard InChI is InChI=1S/C23H36N4O3.HI/c1-4-30-22(28)27-15-11-18(12-16-27)26-21(24-2)25-17-23(13-7-8-14-23)19-9-5-6-10-20(19)29-3;/h5-6,9-10,18H,4,7-8,11-17H2,1-3H3,(H2,24,25,26);1H. The highest BCUT2D eigenvalue weighted by atomic mass is 127. The lowest BCUT2D eigenvalue weighted by atomic mass is 9.78. The van der Waals surface area contributed by atoms with Gasteiger partial charge in [-0.05, 0) is 38.7 Å². The number of ether oxygens (including phenoxy) is 2. The van der Waals surface area contributed by atoms with Crippen molar-refractivity contribution >= 4 is 36.0 Å². The molecule has 1 saturated carbocycles. The Kier molecular flexibility index (Phi) is 10.2. The number of para-hydroxylation sites is 1. The van der Waals surface area contributed by atoms with E-state index in [2.05, 4.69) is 33.8 Å². The van der Waals surface area contributed by atoms with Crippen LogP contribution in [0.1, 0.15) is 51.0 Å². The zero-order valence-corrected chi connectivity index (χ0v) is 21.3. The highest BCUT2D eigenvalue weighted by molar-refractivity contribution is 14.0. The number of piperidine rings is 1. The normalized spacial score (nSPS) is 18.8. The van der Waals surface area contributed by atoms with E-state index in [9.17, 15) is 4.79 Å². The van der Waals surface area contributed by atoms with E-state index in [1.54, 1.807) is 12.0 Å². The molecule has 2 aliphatic rings. The van der Waals surface area contributed by atoms with Gasteiger partial charge in [-0.3, -0.25) is 4.99 Å². The van der Waals surface area contributed by atoms with E-state index in [0.29, 0.717) is 25.7 Å². The average Bonchev–Trinajstić information content (AvgIpc) is 3.27. The number of likely N-dealkylation sites (tertiary alicyclic amines) is 1. The van der Waals surface area contributed by atoms with E-state index >= 15 is 0 Å². The van der Waals surface area contributed by atoms with Crippen LogP contribution in [0, 0.1) is 0 Å². The van der Waals surface area contributed by atoms with E-state index in [1.807, 2.05) is 20.0 Å². The lowest BCUT2D eigenvalue weighted by Gasteiger charge is -2.34. The van der Waals surface area contributed by atoms with Gasteiger partial charge in [0.15, 0.2) is 5.96 Å². The van der Waals surface area contributed by atoms with Gasteiger partial charge in [0.2, 0.25) is 0 Å². The largest absolute Gasteiger partial charge is 0.496 e. The molecule has 3 rings (SSSR count). The molecule has 1 aromatic carbocycles. The van der Waals surface area contributed by atoms with E-state index in [1.165, 1.54) is 18.4 Å². The number of carbonyl (C=O) groups excluding carboxylic acids is 1. The first kappa shape index (κ1) is 25.5. The van der Waals surface area contributed by atoms with E-state index in [4.69, 9.17) is 9.47 Å². The smallest absolute Gasteiger partial charge is 0.409 e. The number of rotatable bonds is 6. The molecular formula is C23H37IN4O3. The molecule has 0 atom stereocenters. The van der Waals surface area contributed by atoms with Crippen LogP contribution in [0.3, 0.4) is 0 Å². The molecule has 2 fully saturated rings. The van der Waals surface area contributed by atoms with Gasteiger partial charge in [0.25, 0.3) is 0 Å². The van der Waals surface area contributed by atoms with E-state index < -0.39 is 0 Å². The summed E-state index contributed by atoms with van der Waals surface area (Å²) in [5, 5.41) is 7.13. The fourth-order valence-electron chi connectivity index (χ4n) is 4.74. The van der Waals surface area contributed by atoms with Crippen LogP contribution in [0.2, 0.25) is 0 Å². The molecule has 0 radical (unpaired) electrons. The second-order valence-electron chi connectivity index (χ2n) is 8.22. The van der Waals surface area contributed by atoms with Gasteiger partial charge in [0, 0.05) is 43.7 Å². The van der Waals surface area contributed by atoms with Crippen molar-refractivity contribution < 1.29 is 14.3 Å². The number of aliphatic imine (C=N–C) groups is 1. The molecule has 1 aromatic rings. The number of hydrogen-bond donors (Lipinski definition) is 2. The van der Waals surface area contributed by atoms with Gasteiger partial charge in [-0.1, -0.05) is 31.0 Å². The number of carbonyl (C=O) groups is 1. The monoisotopic (exact) mass is 544 g/mol. The Morgan fingerprint density at radius 3 is 2.52 bits per heavy atom. The molecule has 31 heavy (non-hydrogen) atoms. The predicted molar refractivity (Wildman–Crippen MR) is 135 cm³/mol. The summed E-state index contributed by atoms with van der Waals surface area (Å²) in [7, 11) is 3.56. The van der Waals surface area contributed by atoms with Gasteiger partial charge in [-0.25, -0.2) is 4.79 Å². The number of methoxy groups -OCH3 is 1. The van der Waals surface area contributed by atoms with Gasteiger partial charge in [0.1, 0.15) is 5.75 Å². The summed E-state index contributed by atoms with van der Waals surface area (Å²) in [4.78, 5) is 18.1. The molecule has 2 N–H and O–H groups in total. The van der Waals surface area contributed by atoms with Crippen molar-refractivity contribution in [1.29, 1.82) is 0 Å². The Morgan fingerprint density at radius 2 is 1.90 bits per heavy atom. The minimum atomic E-state index is -0.210. The van der Waals surface area contributed by atoms with Crippen LogP contribution in [0.5, 0.6) is 5.75 Å². The molecule has 1 aliphatic heterocycles. The highest BCUT2D eigenvalue weighted by Crippen LogP contribution is 2.44. The summed E-state index contributed by atoms with van der Waals surface area (Å²) in [5.74, 6) is 1.79. The van der Waals surface area contributed by atoms with Crippen LogP contribution in [0.25, 0.3) is 0 Å². The van der Waals surface area contributed by atoms with Crippen LogP contribution in [-0.4, -0.2) is 63.4 Å². The van der Waals surface area contributed by atoms with Crippen LogP contribution in [0.15, 0.2) is 29.3 Å². The molecule has 1 aliphatic carbocycles. The number of benzene rings is 1. The zero-order valence-electron chi connectivity index (χ0n) is 19.0. The van der Waals surface area contributed by atoms with Gasteiger partial charge in [0.05, 0.1) is 13.7 Å². The zero-order chi connectivity index (χ0) is 21.4. The number of nitrogens with one attached hydrogen (secondary N) is 2. The first-order valence-corrected chi connectivity index (χ1v) is 11.1. The van der Waals surface area contributed by atoms with Crippen LogP contribution < -0.4 is 15.4 Å². The average molecular weight is 544 g/mol. The van der Waals surface area contributed by atoms with E-state index in [0.717, 1.165) is 43.9 Å². The third-order valence-electron chi connectivity index (χ3n) is 6.42. The molecule has 0 bridgehead atoms. The van der Waals surface area contributed by atoms with Crippen molar-refractivity contribution in [2.45, 2.75) is 56.9 Å². The number of guanidine groups is 1. The maximum Gasteiger partial charge on any atom is 0.409 e. The van der Waals surface area contributed by atoms with Crippen molar-refractivity contribution in [2.24, 2.45) is 4.99 Å². The van der Waals surface area contributed by atoms with Crippen LogP contribution in [0.4, 0.5) is 4.79 Å². The first-order chi connectivity index (χ1) is 14.6. The third-order valence-corrected chi connectivity index (χ3v) is 6.42. The van der Waals surface area contributed by atoms with Crippen molar-refractivity contribution in [3.63, 3.8) is 0 Å². The number of amides is 1. The Balaban J connectivity index is 0.00000341. The molecule has 1 saturated heterocycles. The Hall–Kier alpha value is -1.71. The summed E-state index contributed by atoms with van der Waals surface area (Å²) in [5.41, 5.74) is 1.35. The quantitative estimate of drug-likeness (QED) is 0.323.